The van der Waals surface area contributed by atoms with Crippen molar-refractivity contribution in [2.24, 2.45) is 0 Å². The Morgan fingerprint density at radius 2 is 1.14 bits per heavy atom. The molecule has 0 spiro atoms. The minimum absolute atomic E-state index is 0.0395. The summed E-state index contributed by atoms with van der Waals surface area (Å²) in [6.45, 7) is 0. The molecule has 0 saturated heterocycles. The van der Waals surface area contributed by atoms with E-state index in [9.17, 15) is 0 Å². The standard InChI is InChI=1S/C29H15F4N3/c30-25-24(20-14-34-35-15-17-8-2-1-7-16(17)13-23(20)35)26(31)28(33)29(27(25)32)36-21-11-5-3-9-18(21)19-10-4-6-12-22(19)36/h1-15H. The van der Waals surface area contributed by atoms with Crippen LogP contribution in [0.3, 0.4) is 0 Å². The van der Waals surface area contributed by atoms with Crippen molar-refractivity contribution in [2.75, 3.05) is 0 Å². The van der Waals surface area contributed by atoms with E-state index in [2.05, 4.69) is 5.10 Å². The van der Waals surface area contributed by atoms with E-state index < -0.39 is 34.5 Å². The Balaban J connectivity index is 1.54. The number of pyridine rings is 1. The van der Waals surface area contributed by atoms with Gasteiger partial charge in [0, 0.05) is 27.9 Å². The second-order valence-corrected chi connectivity index (χ2v) is 8.64. The summed E-state index contributed by atoms with van der Waals surface area (Å²) in [5.41, 5.74) is -0.430. The molecule has 0 fully saturated rings. The topological polar surface area (TPSA) is 22.2 Å². The molecular formula is C29H15F4N3. The number of fused-ring (bicyclic) bond motifs is 5. The second kappa shape index (κ2) is 7.42. The maximum atomic E-state index is 15.7. The first kappa shape index (κ1) is 20.7. The molecule has 0 amide bonds. The zero-order valence-corrected chi connectivity index (χ0v) is 18.5. The Bertz CT molecular complexity index is 1920. The highest BCUT2D eigenvalue weighted by atomic mass is 19.2. The number of hydrogen-bond acceptors (Lipinski definition) is 1. The van der Waals surface area contributed by atoms with Crippen molar-refractivity contribution in [1.29, 1.82) is 0 Å². The van der Waals surface area contributed by atoms with Gasteiger partial charge in [-0.05, 0) is 23.6 Å². The number of nitrogens with zero attached hydrogens (tertiary/aromatic N) is 3. The molecule has 0 saturated carbocycles. The van der Waals surface area contributed by atoms with Gasteiger partial charge in [0.1, 0.15) is 5.69 Å². The Hall–Kier alpha value is -4.65. The lowest BCUT2D eigenvalue weighted by Gasteiger charge is -2.14. The molecule has 0 aliphatic carbocycles. The first-order valence-electron chi connectivity index (χ1n) is 11.3. The van der Waals surface area contributed by atoms with E-state index in [4.69, 9.17) is 0 Å². The fourth-order valence-electron chi connectivity index (χ4n) is 5.07. The van der Waals surface area contributed by atoms with Crippen molar-refractivity contribution < 1.29 is 17.6 Å². The highest BCUT2D eigenvalue weighted by Gasteiger charge is 2.30. The number of benzene rings is 4. The van der Waals surface area contributed by atoms with Gasteiger partial charge in [-0.1, -0.05) is 60.7 Å². The molecule has 0 unspecified atom stereocenters. The van der Waals surface area contributed by atoms with Crippen LogP contribution < -0.4 is 0 Å². The molecule has 0 aliphatic rings. The molecule has 3 heterocycles. The zero-order valence-electron chi connectivity index (χ0n) is 18.5. The summed E-state index contributed by atoms with van der Waals surface area (Å²) in [5.74, 6) is -5.91. The van der Waals surface area contributed by atoms with Crippen LogP contribution in [0.4, 0.5) is 17.6 Å². The van der Waals surface area contributed by atoms with Gasteiger partial charge in [0.2, 0.25) is 0 Å². The van der Waals surface area contributed by atoms with Crippen molar-refractivity contribution in [3.8, 4) is 16.8 Å². The normalized spacial score (nSPS) is 11.9. The summed E-state index contributed by atoms with van der Waals surface area (Å²) < 4.78 is 65.5. The summed E-state index contributed by atoms with van der Waals surface area (Å²) >= 11 is 0. The highest BCUT2D eigenvalue weighted by molar-refractivity contribution is 6.09. The average molecular weight is 481 g/mol. The second-order valence-electron chi connectivity index (χ2n) is 8.64. The Morgan fingerprint density at radius 3 is 1.78 bits per heavy atom. The summed E-state index contributed by atoms with van der Waals surface area (Å²) in [4.78, 5) is 0. The van der Waals surface area contributed by atoms with Gasteiger partial charge in [0.15, 0.2) is 23.3 Å². The molecule has 7 rings (SSSR count). The van der Waals surface area contributed by atoms with Crippen LogP contribution in [0.15, 0.2) is 91.3 Å². The molecule has 4 aromatic carbocycles. The number of halogens is 4. The molecule has 0 aliphatic heterocycles. The molecule has 0 bridgehead atoms. The van der Waals surface area contributed by atoms with Gasteiger partial charge in [0.05, 0.1) is 28.3 Å². The first-order valence-corrected chi connectivity index (χ1v) is 11.3. The number of hydrogen-bond donors (Lipinski definition) is 0. The van der Waals surface area contributed by atoms with E-state index in [0.29, 0.717) is 27.3 Å². The van der Waals surface area contributed by atoms with Crippen LogP contribution in [0.1, 0.15) is 0 Å². The van der Waals surface area contributed by atoms with E-state index in [1.165, 1.54) is 15.3 Å². The van der Waals surface area contributed by atoms with E-state index in [1.807, 2.05) is 24.3 Å². The predicted octanol–water partition coefficient (Wildman–Crippen LogP) is 7.81. The van der Waals surface area contributed by atoms with Crippen LogP contribution in [-0.4, -0.2) is 14.2 Å². The zero-order chi connectivity index (χ0) is 24.6. The quantitative estimate of drug-likeness (QED) is 0.182. The lowest BCUT2D eigenvalue weighted by atomic mass is 10.0. The lowest BCUT2D eigenvalue weighted by Crippen LogP contribution is -2.09. The number of para-hydroxylation sites is 2. The Kier molecular flexibility index (Phi) is 4.27. The van der Waals surface area contributed by atoms with Gasteiger partial charge in [-0.25, -0.2) is 22.1 Å². The summed E-state index contributed by atoms with van der Waals surface area (Å²) in [6, 6.07) is 23.0. The average Bonchev–Trinajstić information content (AvgIpc) is 3.46. The summed E-state index contributed by atoms with van der Waals surface area (Å²) in [6.07, 6.45) is 2.91. The van der Waals surface area contributed by atoms with Crippen LogP contribution in [0.2, 0.25) is 0 Å². The monoisotopic (exact) mass is 481 g/mol. The van der Waals surface area contributed by atoms with Crippen molar-refractivity contribution in [3.63, 3.8) is 0 Å². The van der Waals surface area contributed by atoms with Crippen molar-refractivity contribution in [1.82, 2.24) is 14.2 Å². The minimum atomic E-state index is -1.48. The summed E-state index contributed by atoms with van der Waals surface area (Å²) in [7, 11) is 0. The fourth-order valence-corrected chi connectivity index (χ4v) is 5.07. The Labute approximate surface area is 201 Å². The largest absolute Gasteiger partial charge is 0.304 e. The van der Waals surface area contributed by atoms with Crippen LogP contribution in [-0.2, 0) is 0 Å². The fraction of sp³-hybridized carbons (Fsp3) is 0. The first-order chi connectivity index (χ1) is 17.5. The third-order valence-electron chi connectivity index (χ3n) is 6.70. The maximum Gasteiger partial charge on any atom is 0.186 e. The Morgan fingerprint density at radius 1 is 0.583 bits per heavy atom. The van der Waals surface area contributed by atoms with E-state index >= 15 is 17.6 Å². The van der Waals surface area contributed by atoms with Gasteiger partial charge in [-0.3, -0.25) is 0 Å². The van der Waals surface area contributed by atoms with Crippen molar-refractivity contribution in [3.05, 3.63) is 115 Å². The molecule has 0 atom stereocenters. The van der Waals surface area contributed by atoms with E-state index in [1.54, 1.807) is 60.8 Å². The molecule has 7 heteroatoms. The van der Waals surface area contributed by atoms with Gasteiger partial charge < -0.3 is 4.57 Å². The predicted molar refractivity (Wildman–Crippen MR) is 132 cm³/mol. The van der Waals surface area contributed by atoms with E-state index in [-0.39, 0.29) is 5.56 Å². The molecule has 36 heavy (non-hydrogen) atoms. The van der Waals surface area contributed by atoms with Crippen LogP contribution in [0, 0.1) is 23.3 Å². The van der Waals surface area contributed by atoms with Crippen LogP contribution >= 0.6 is 0 Å². The molecule has 0 N–H and O–H groups in total. The third-order valence-corrected chi connectivity index (χ3v) is 6.70. The highest BCUT2D eigenvalue weighted by Crippen LogP contribution is 2.39. The van der Waals surface area contributed by atoms with Gasteiger partial charge in [0.25, 0.3) is 0 Å². The van der Waals surface area contributed by atoms with Gasteiger partial charge >= 0.3 is 0 Å². The minimum Gasteiger partial charge on any atom is -0.304 e. The smallest absolute Gasteiger partial charge is 0.186 e. The third kappa shape index (κ3) is 2.71. The van der Waals surface area contributed by atoms with Gasteiger partial charge in [-0.15, -0.1) is 0 Å². The summed E-state index contributed by atoms with van der Waals surface area (Å²) in [5, 5.41) is 7.26. The molecule has 0 radical (unpaired) electrons. The van der Waals surface area contributed by atoms with E-state index in [0.717, 1.165) is 10.8 Å². The molecule has 174 valence electrons. The molecule has 3 nitrogen and oxygen atoms in total. The van der Waals surface area contributed by atoms with Crippen LogP contribution in [0.25, 0.3) is 54.9 Å². The van der Waals surface area contributed by atoms with Gasteiger partial charge in [-0.2, -0.15) is 5.10 Å². The number of rotatable bonds is 2. The SMILES string of the molecule is Fc1c(F)c(-n2c3ccccc3c3ccccc32)c(F)c(F)c1-c1cnn2cc3ccccc3cc12. The van der Waals surface area contributed by atoms with Crippen molar-refractivity contribution in [2.45, 2.75) is 0 Å². The molecular weight excluding hydrogens is 466 g/mol. The van der Waals surface area contributed by atoms with Crippen LogP contribution in [0.5, 0.6) is 0 Å². The maximum absolute atomic E-state index is 15.7. The molecule has 7 aromatic rings. The molecule has 3 aromatic heterocycles. The lowest BCUT2D eigenvalue weighted by molar-refractivity contribution is 0.454. The van der Waals surface area contributed by atoms with Crippen molar-refractivity contribution >= 4 is 38.1 Å². The number of aromatic nitrogens is 3.